The summed E-state index contributed by atoms with van der Waals surface area (Å²) in [6, 6.07) is 0. The average Bonchev–Trinajstić information content (AvgIpc) is 2.30. The van der Waals surface area contributed by atoms with Crippen molar-refractivity contribution in [2.24, 2.45) is 11.7 Å². The van der Waals surface area contributed by atoms with Gasteiger partial charge in [-0.25, -0.2) is 8.42 Å². The van der Waals surface area contributed by atoms with E-state index < -0.39 is 20.7 Å². The Morgan fingerprint density at radius 2 is 2.23 bits per heavy atom. The van der Waals surface area contributed by atoms with Crippen LogP contribution in [0.3, 0.4) is 0 Å². The van der Waals surface area contributed by atoms with E-state index in [1.165, 1.54) is 0 Å². The van der Waals surface area contributed by atoms with E-state index in [4.69, 9.17) is 5.73 Å². The zero-order chi connectivity index (χ0) is 10.3. The normalized spacial score (nSPS) is 40.5. The van der Waals surface area contributed by atoms with Crippen LogP contribution in [0.15, 0.2) is 0 Å². The van der Waals surface area contributed by atoms with E-state index in [0.29, 0.717) is 13.0 Å². The van der Waals surface area contributed by atoms with E-state index in [9.17, 15) is 13.5 Å². The van der Waals surface area contributed by atoms with Gasteiger partial charge in [-0.1, -0.05) is 6.92 Å². The van der Waals surface area contributed by atoms with Crippen LogP contribution in [-0.2, 0) is 9.84 Å². The molecule has 1 aliphatic heterocycles. The highest BCUT2D eigenvalue weighted by Crippen LogP contribution is 2.36. The monoisotopic (exact) mass is 207 g/mol. The maximum atomic E-state index is 11.4. The molecule has 0 aromatic heterocycles. The van der Waals surface area contributed by atoms with E-state index in [2.05, 4.69) is 0 Å². The van der Waals surface area contributed by atoms with Crippen LogP contribution in [0.1, 0.15) is 20.3 Å². The number of sulfone groups is 1. The highest BCUT2D eigenvalue weighted by molar-refractivity contribution is 7.92. The summed E-state index contributed by atoms with van der Waals surface area (Å²) in [4.78, 5) is 0. The van der Waals surface area contributed by atoms with E-state index in [1.807, 2.05) is 0 Å². The highest BCUT2D eigenvalue weighted by Gasteiger charge is 2.50. The number of rotatable bonds is 2. The van der Waals surface area contributed by atoms with Gasteiger partial charge >= 0.3 is 0 Å². The fraction of sp³-hybridized carbons (Fsp3) is 1.00. The molecule has 5 heteroatoms. The van der Waals surface area contributed by atoms with Crippen LogP contribution >= 0.6 is 0 Å². The van der Waals surface area contributed by atoms with Gasteiger partial charge in [0.15, 0.2) is 9.84 Å². The molecule has 1 aliphatic rings. The zero-order valence-electron chi connectivity index (χ0n) is 8.03. The molecule has 0 amide bonds. The highest BCUT2D eigenvalue weighted by atomic mass is 32.2. The first-order valence-corrected chi connectivity index (χ1v) is 6.20. The molecule has 1 rings (SSSR count). The number of aliphatic hydroxyl groups is 1. The molecular weight excluding hydrogens is 190 g/mol. The summed E-state index contributed by atoms with van der Waals surface area (Å²) in [5.74, 6) is -0.0885. The third-order valence-corrected chi connectivity index (χ3v) is 5.50. The van der Waals surface area contributed by atoms with Crippen LogP contribution in [0.25, 0.3) is 0 Å². The topological polar surface area (TPSA) is 80.4 Å². The van der Waals surface area contributed by atoms with Gasteiger partial charge in [-0.05, 0) is 25.8 Å². The van der Waals surface area contributed by atoms with Gasteiger partial charge in [0, 0.05) is 0 Å². The van der Waals surface area contributed by atoms with Gasteiger partial charge in [0.05, 0.1) is 16.6 Å². The summed E-state index contributed by atoms with van der Waals surface area (Å²) < 4.78 is 22.8. The van der Waals surface area contributed by atoms with Crippen LogP contribution in [-0.4, -0.2) is 36.7 Å². The van der Waals surface area contributed by atoms with Crippen molar-refractivity contribution in [2.75, 3.05) is 12.3 Å². The lowest BCUT2D eigenvalue weighted by Crippen LogP contribution is -2.46. The summed E-state index contributed by atoms with van der Waals surface area (Å²) in [5, 5.41) is 9.42. The Hall–Kier alpha value is -0.130. The maximum Gasteiger partial charge on any atom is 0.155 e. The van der Waals surface area contributed by atoms with Crippen molar-refractivity contribution in [1.29, 1.82) is 0 Å². The SMILES string of the molecule is CC(CN)C1(O)CCS(=O)(=O)C1C. The molecule has 13 heavy (non-hydrogen) atoms. The first-order chi connectivity index (χ1) is 5.84. The average molecular weight is 207 g/mol. The van der Waals surface area contributed by atoms with Crippen molar-refractivity contribution < 1.29 is 13.5 Å². The predicted molar refractivity (Wildman–Crippen MR) is 51.0 cm³/mol. The number of hydrogen-bond donors (Lipinski definition) is 2. The van der Waals surface area contributed by atoms with Gasteiger partial charge in [-0.3, -0.25) is 0 Å². The van der Waals surface area contributed by atoms with Crippen LogP contribution in [0.4, 0.5) is 0 Å². The Balaban J connectivity index is 2.96. The molecule has 0 aromatic carbocycles. The maximum absolute atomic E-state index is 11.4. The van der Waals surface area contributed by atoms with Crippen LogP contribution in [0, 0.1) is 5.92 Å². The molecule has 0 bridgehead atoms. The smallest absolute Gasteiger partial charge is 0.155 e. The standard InChI is InChI=1S/C8H17NO3S/c1-6(5-9)8(10)3-4-13(11,12)7(8)2/h6-7,10H,3-5,9H2,1-2H3. The molecule has 1 saturated heterocycles. The number of nitrogens with two attached hydrogens (primary N) is 1. The van der Waals surface area contributed by atoms with Crippen molar-refractivity contribution in [2.45, 2.75) is 31.1 Å². The molecule has 3 atom stereocenters. The summed E-state index contributed by atoms with van der Waals surface area (Å²) >= 11 is 0. The third kappa shape index (κ3) is 1.60. The van der Waals surface area contributed by atoms with Crippen LogP contribution < -0.4 is 5.73 Å². The molecule has 0 spiro atoms. The predicted octanol–water partition coefficient (Wildman–Crippen LogP) is -0.481. The first kappa shape index (κ1) is 10.9. The zero-order valence-corrected chi connectivity index (χ0v) is 8.84. The Morgan fingerprint density at radius 3 is 2.54 bits per heavy atom. The Morgan fingerprint density at radius 1 is 1.69 bits per heavy atom. The van der Waals surface area contributed by atoms with E-state index in [-0.39, 0.29) is 11.7 Å². The largest absolute Gasteiger partial charge is 0.388 e. The minimum absolute atomic E-state index is 0.0784. The minimum Gasteiger partial charge on any atom is -0.388 e. The molecule has 1 heterocycles. The van der Waals surface area contributed by atoms with Crippen molar-refractivity contribution in [3.63, 3.8) is 0 Å². The molecule has 0 saturated carbocycles. The minimum atomic E-state index is -3.09. The van der Waals surface area contributed by atoms with Gasteiger partial charge in [0.1, 0.15) is 0 Å². The third-order valence-electron chi connectivity index (χ3n) is 3.24. The van der Waals surface area contributed by atoms with E-state index >= 15 is 0 Å². The second-order valence-corrected chi connectivity index (χ2v) is 6.33. The number of hydrogen-bond acceptors (Lipinski definition) is 4. The quantitative estimate of drug-likeness (QED) is 0.641. The molecular formula is C8H17NO3S. The molecule has 78 valence electrons. The molecule has 0 aromatic rings. The first-order valence-electron chi connectivity index (χ1n) is 4.48. The van der Waals surface area contributed by atoms with Gasteiger partial charge < -0.3 is 10.8 Å². The Kier molecular flexibility index (Phi) is 2.71. The molecule has 3 unspecified atom stereocenters. The van der Waals surface area contributed by atoms with Gasteiger partial charge in [-0.15, -0.1) is 0 Å². The van der Waals surface area contributed by atoms with E-state index in [1.54, 1.807) is 13.8 Å². The summed E-state index contributed by atoms with van der Waals surface area (Å²) in [7, 11) is -3.09. The second kappa shape index (κ2) is 3.22. The van der Waals surface area contributed by atoms with E-state index in [0.717, 1.165) is 0 Å². The molecule has 0 radical (unpaired) electrons. The van der Waals surface area contributed by atoms with Crippen molar-refractivity contribution in [3.8, 4) is 0 Å². The van der Waals surface area contributed by atoms with Crippen LogP contribution in [0.5, 0.6) is 0 Å². The summed E-state index contributed by atoms with van der Waals surface area (Å²) in [6.45, 7) is 3.67. The Bertz CT molecular complexity index is 288. The van der Waals surface area contributed by atoms with Gasteiger partial charge in [-0.2, -0.15) is 0 Å². The van der Waals surface area contributed by atoms with Gasteiger partial charge in [0.25, 0.3) is 0 Å². The molecule has 0 aliphatic carbocycles. The molecule has 3 N–H and O–H groups in total. The van der Waals surface area contributed by atoms with Crippen molar-refractivity contribution in [3.05, 3.63) is 0 Å². The lowest BCUT2D eigenvalue weighted by molar-refractivity contribution is -0.00361. The summed E-state index contributed by atoms with van der Waals surface area (Å²) in [5.41, 5.74) is 4.32. The summed E-state index contributed by atoms with van der Waals surface area (Å²) in [6.07, 6.45) is 0.314. The lowest BCUT2D eigenvalue weighted by atomic mass is 9.84. The lowest BCUT2D eigenvalue weighted by Gasteiger charge is -2.31. The Labute approximate surface area is 79.0 Å². The van der Waals surface area contributed by atoms with Crippen LogP contribution in [0.2, 0.25) is 0 Å². The molecule has 1 fully saturated rings. The van der Waals surface area contributed by atoms with Crippen molar-refractivity contribution >= 4 is 9.84 Å². The molecule has 4 nitrogen and oxygen atoms in total. The fourth-order valence-electron chi connectivity index (χ4n) is 1.85. The van der Waals surface area contributed by atoms with Gasteiger partial charge in [0.2, 0.25) is 0 Å². The fourth-order valence-corrected chi connectivity index (χ4v) is 3.78. The van der Waals surface area contributed by atoms with Crippen molar-refractivity contribution in [1.82, 2.24) is 0 Å². The second-order valence-electron chi connectivity index (χ2n) is 3.89.